The van der Waals surface area contributed by atoms with Gasteiger partial charge in [-0.2, -0.15) is 0 Å². The molecule has 3 nitrogen and oxygen atoms in total. The number of hydrogen-bond acceptors (Lipinski definition) is 3. The molecular weight excluding hydrogens is 550 g/mol. The number of allylic oxidation sites excluding steroid dienone is 6. The maximum atomic E-state index is 6.58. The standard InChI is InChI=1S/C42H31NO2/c1-2-10-28(11-3-1)40-37(25-24-36-34-15-5-7-19-39(34)45-42(36)40)43-31-22-20-27(21-23-31)29-12-8-13-30(26-29)32-16-9-17-35-33-14-4-6-18-38(33)44-41(32)35/h2,4-26,34,39,43H,1,3H2. The number of anilines is 2. The number of fused-ring (bicyclic) bond motifs is 6. The summed E-state index contributed by atoms with van der Waals surface area (Å²) in [7, 11) is 0. The number of ether oxygens (including phenoxy) is 1. The lowest BCUT2D eigenvalue weighted by atomic mass is 9.88. The summed E-state index contributed by atoms with van der Waals surface area (Å²) in [5.41, 5.74) is 12.2. The molecule has 0 saturated heterocycles. The van der Waals surface area contributed by atoms with Crippen LogP contribution in [0.3, 0.4) is 0 Å². The van der Waals surface area contributed by atoms with Crippen LogP contribution < -0.4 is 10.1 Å². The summed E-state index contributed by atoms with van der Waals surface area (Å²) in [5.74, 6) is 1.26. The van der Waals surface area contributed by atoms with Crippen LogP contribution in [0.2, 0.25) is 0 Å². The van der Waals surface area contributed by atoms with E-state index in [0.29, 0.717) is 0 Å². The van der Waals surface area contributed by atoms with Crippen LogP contribution in [0.1, 0.15) is 29.9 Å². The second-order valence-corrected chi connectivity index (χ2v) is 12.0. The fraction of sp³-hybridized carbons (Fsp3) is 0.0952. The zero-order chi connectivity index (χ0) is 29.7. The van der Waals surface area contributed by atoms with Crippen molar-refractivity contribution in [2.45, 2.75) is 24.9 Å². The van der Waals surface area contributed by atoms with E-state index in [4.69, 9.17) is 9.15 Å². The summed E-state index contributed by atoms with van der Waals surface area (Å²) in [6.45, 7) is 0. The average molecular weight is 582 g/mol. The monoisotopic (exact) mass is 581 g/mol. The average Bonchev–Trinajstić information content (AvgIpc) is 3.67. The summed E-state index contributed by atoms with van der Waals surface area (Å²) in [5, 5.41) is 6.02. The first-order valence-corrected chi connectivity index (χ1v) is 15.7. The Hall–Kier alpha value is -5.54. The Morgan fingerprint density at radius 3 is 2.44 bits per heavy atom. The molecule has 9 rings (SSSR count). The first-order chi connectivity index (χ1) is 22.3. The molecule has 0 bridgehead atoms. The van der Waals surface area contributed by atoms with Crippen LogP contribution in [0, 0.1) is 0 Å². The molecule has 0 fully saturated rings. The van der Waals surface area contributed by atoms with E-state index in [2.05, 4.69) is 139 Å². The second-order valence-electron chi connectivity index (χ2n) is 12.0. The van der Waals surface area contributed by atoms with Crippen LogP contribution in [-0.2, 0) is 0 Å². The van der Waals surface area contributed by atoms with Gasteiger partial charge >= 0.3 is 0 Å². The lowest BCUT2D eigenvalue weighted by Crippen LogP contribution is -2.15. The quantitative estimate of drug-likeness (QED) is 0.220. The summed E-state index contributed by atoms with van der Waals surface area (Å²) in [6.07, 6.45) is 17.6. The van der Waals surface area contributed by atoms with Gasteiger partial charge in [-0.3, -0.25) is 0 Å². The van der Waals surface area contributed by atoms with Gasteiger partial charge in [0.05, 0.1) is 5.69 Å². The maximum Gasteiger partial charge on any atom is 0.143 e. The number of hydrogen-bond donors (Lipinski definition) is 1. The third-order valence-corrected chi connectivity index (χ3v) is 9.24. The molecule has 2 atom stereocenters. The van der Waals surface area contributed by atoms with Crippen molar-refractivity contribution in [1.82, 2.24) is 0 Å². The van der Waals surface area contributed by atoms with E-state index in [-0.39, 0.29) is 12.0 Å². The molecule has 3 heteroatoms. The molecule has 5 aromatic carbocycles. The van der Waals surface area contributed by atoms with Crippen molar-refractivity contribution in [3.63, 3.8) is 0 Å². The molecule has 216 valence electrons. The minimum absolute atomic E-state index is 0.0565. The largest absolute Gasteiger partial charge is 0.484 e. The lowest BCUT2D eigenvalue weighted by molar-refractivity contribution is 0.268. The fourth-order valence-electron chi connectivity index (χ4n) is 7.04. The number of nitrogens with one attached hydrogen (secondary N) is 1. The molecule has 0 radical (unpaired) electrons. The van der Waals surface area contributed by atoms with E-state index in [1.54, 1.807) is 0 Å². The Morgan fingerprint density at radius 2 is 1.53 bits per heavy atom. The van der Waals surface area contributed by atoms with Crippen molar-refractivity contribution >= 4 is 38.9 Å². The van der Waals surface area contributed by atoms with Gasteiger partial charge in [0.15, 0.2) is 0 Å². The molecule has 1 aromatic heterocycles. The summed E-state index contributed by atoms with van der Waals surface area (Å²) in [6, 6.07) is 36.5. The predicted octanol–water partition coefficient (Wildman–Crippen LogP) is 11.4. The summed E-state index contributed by atoms with van der Waals surface area (Å²) in [4.78, 5) is 0. The number of rotatable bonds is 5. The molecule has 0 saturated carbocycles. The molecule has 3 aliphatic rings. The molecule has 1 N–H and O–H groups in total. The summed E-state index contributed by atoms with van der Waals surface area (Å²) < 4.78 is 12.9. The smallest absolute Gasteiger partial charge is 0.143 e. The highest BCUT2D eigenvalue weighted by Crippen LogP contribution is 2.49. The molecule has 6 aromatic rings. The van der Waals surface area contributed by atoms with E-state index in [9.17, 15) is 0 Å². The predicted molar refractivity (Wildman–Crippen MR) is 186 cm³/mol. The van der Waals surface area contributed by atoms with E-state index >= 15 is 0 Å². The van der Waals surface area contributed by atoms with Gasteiger partial charge in [0, 0.05) is 39.1 Å². The minimum atomic E-state index is 0.0565. The molecule has 0 amide bonds. The van der Waals surface area contributed by atoms with Gasteiger partial charge in [0.2, 0.25) is 0 Å². The van der Waals surface area contributed by atoms with Crippen molar-refractivity contribution in [3.05, 3.63) is 157 Å². The first-order valence-electron chi connectivity index (χ1n) is 15.7. The SMILES string of the molecule is C1=CC2Oc3c(ccc(Nc4ccc(-c5cccc(-c6cccc7c6oc6ccccc67)c5)cc4)c3C3=CCCC=C3)C2C=C1. The van der Waals surface area contributed by atoms with E-state index in [1.165, 1.54) is 16.7 Å². The Balaban J connectivity index is 1.04. The molecule has 0 spiro atoms. The normalized spacial score (nSPS) is 18.1. The van der Waals surface area contributed by atoms with Gasteiger partial charge in [-0.25, -0.2) is 0 Å². The van der Waals surface area contributed by atoms with Gasteiger partial charge in [-0.15, -0.1) is 0 Å². The van der Waals surface area contributed by atoms with Crippen molar-refractivity contribution in [2.24, 2.45) is 0 Å². The molecule has 45 heavy (non-hydrogen) atoms. The van der Waals surface area contributed by atoms with Crippen molar-refractivity contribution in [3.8, 4) is 28.0 Å². The highest BCUT2D eigenvalue weighted by atomic mass is 16.5. The first kappa shape index (κ1) is 25.9. The Labute approximate surface area is 262 Å². The molecular formula is C42H31NO2. The van der Waals surface area contributed by atoms with Crippen LogP contribution in [-0.4, -0.2) is 6.10 Å². The molecule has 1 aliphatic heterocycles. The Bertz CT molecular complexity index is 2230. The number of para-hydroxylation sites is 2. The third-order valence-electron chi connectivity index (χ3n) is 9.24. The summed E-state index contributed by atoms with van der Waals surface area (Å²) >= 11 is 0. The van der Waals surface area contributed by atoms with E-state index in [1.807, 2.05) is 12.1 Å². The maximum absolute atomic E-state index is 6.58. The van der Waals surface area contributed by atoms with E-state index < -0.39 is 0 Å². The van der Waals surface area contributed by atoms with Crippen LogP contribution in [0.4, 0.5) is 11.4 Å². The van der Waals surface area contributed by atoms with Gasteiger partial charge < -0.3 is 14.5 Å². The number of benzene rings is 5. The Kier molecular flexibility index (Phi) is 6.09. The fourth-order valence-corrected chi connectivity index (χ4v) is 7.04. The van der Waals surface area contributed by atoms with Crippen LogP contribution >= 0.6 is 0 Å². The zero-order valence-electron chi connectivity index (χ0n) is 24.7. The lowest BCUT2D eigenvalue weighted by Gasteiger charge is -2.19. The van der Waals surface area contributed by atoms with Crippen LogP contribution in [0.5, 0.6) is 5.75 Å². The van der Waals surface area contributed by atoms with Crippen molar-refractivity contribution < 1.29 is 9.15 Å². The molecule has 2 unspecified atom stereocenters. The van der Waals surface area contributed by atoms with Gasteiger partial charge in [-0.1, -0.05) is 109 Å². The van der Waals surface area contributed by atoms with Crippen molar-refractivity contribution in [2.75, 3.05) is 5.32 Å². The zero-order valence-corrected chi connectivity index (χ0v) is 24.7. The molecule has 2 heterocycles. The van der Waals surface area contributed by atoms with Gasteiger partial charge in [0.25, 0.3) is 0 Å². The molecule has 2 aliphatic carbocycles. The Morgan fingerprint density at radius 1 is 0.689 bits per heavy atom. The highest BCUT2D eigenvalue weighted by molar-refractivity contribution is 6.09. The second kappa shape index (κ2) is 10.6. The van der Waals surface area contributed by atoms with Gasteiger partial charge in [0.1, 0.15) is 23.0 Å². The van der Waals surface area contributed by atoms with Crippen molar-refractivity contribution in [1.29, 1.82) is 0 Å². The van der Waals surface area contributed by atoms with Crippen LogP contribution in [0.25, 0.3) is 49.8 Å². The highest BCUT2D eigenvalue weighted by Gasteiger charge is 2.35. The third kappa shape index (κ3) is 4.43. The van der Waals surface area contributed by atoms with Crippen LogP contribution in [0.15, 0.2) is 150 Å². The van der Waals surface area contributed by atoms with Gasteiger partial charge in [-0.05, 0) is 71.5 Å². The minimum Gasteiger partial charge on any atom is -0.484 e. The number of furan rings is 1. The van der Waals surface area contributed by atoms with E-state index in [0.717, 1.165) is 74.2 Å². The topological polar surface area (TPSA) is 34.4 Å².